The molecule has 0 amide bonds. The average molecular weight is 339 g/mol. The highest BCUT2D eigenvalue weighted by atomic mass is 32.1. The lowest BCUT2D eigenvalue weighted by molar-refractivity contribution is 0.494. The summed E-state index contributed by atoms with van der Waals surface area (Å²) in [5.74, 6) is 1.86. The maximum atomic E-state index is 4.60. The molecule has 0 aliphatic carbocycles. The molecule has 1 N–H and O–H groups in total. The van der Waals surface area contributed by atoms with E-state index < -0.39 is 0 Å². The van der Waals surface area contributed by atoms with E-state index in [1.54, 1.807) is 24.8 Å². The lowest BCUT2D eigenvalue weighted by Gasteiger charge is -2.32. The summed E-state index contributed by atoms with van der Waals surface area (Å²) in [6.07, 6.45) is 11.2. The van der Waals surface area contributed by atoms with Crippen LogP contribution >= 0.6 is 11.3 Å². The molecule has 0 aromatic carbocycles. The van der Waals surface area contributed by atoms with Gasteiger partial charge < -0.3 is 10.2 Å². The monoisotopic (exact) mass is 339 g/mol. The summed E-state index contributed by atoms with van der Waals surface area (Å²) in [7, 11) is 0. The quantitative estimate of drug-likeness (QED) is 0.783. The van der Waals surface area contributed by atoms with E-state index in [-0.39, 0.29) is 0 Å². The van der Waals surface area contributed by atoms with Gasteiger partial charge in [0.2, 0.25) is 5.95 Å². The van der Waals surface area contributed by atoms with Crippen LogP contribution in [0.3, 0.4) is 0 Å². The Labute approximate surface area is 143 Å². The summed E-state index contributed by atoms with van der Waals surface area (Å²) in [6.45, 7) is 1.86. The molecule has 0 saturated carbocycles. The predicted molar refractivity (Wildman–Crippen MR) is 93.6 cm³/mol. The number of rotatable bonds is 4. The van der Waals surface area contributed by atoms with E-state index in [9.17, 15) is 0 Å². The van der Waals surface area contributed by atoms with Gasteiger partial charge in [0.1, 0.15) is 0 Å². The highest BCUT2D eigenvalue weighted by Crippen LogP contribution is 2.27. The van der Waals surface area contributed by atoms with Gasteiger partial charge in [-0.1, -0.05) is 0 Å². The van der Waals surface area contributed by atoms with E-state index in [0.29, 0.717) is 11.7 Å². The zero-order valence-electron chi connectivity index (χ0n) is 13.0. The molecule has 3 aromatic heterocycles. The van der Waals surface area contributed by atoms with Crippen molar-refractivity contribution in [2.45, 2.75) is 18.8 Å². The minimum Gasteiger partial charge on any atom is -0.340 e. The van der Waals surface area contributed by atoms with E-state index in [4.69, 9.17) is 0 Å². The van der Waals surface area contributed by atoms with Crippen LogP contribution in [0, 0.1) is 0 Å². The maximum Gasteiger partial charge on any atom is 0.225 e. The van der Waals surface area contributed by atoms with Crippen molar-refractivity contribution in [1.82, 2.24) is 24.9 Å². The molecule has 1 fully saturated rings. The van der Waals surface area contributed by atoms with Crippen molar-refractivity contribution >= 4 is 28.2 Å². The van der Waals surface area contributed by atoms with Gasteiger partial charge in [0.15, 0.2) is 10.9 Å². The topological polar surface area (TPSA) is 79.7 Å². The van der Waals surface area contributed by atoms with Crippen molar-refractivity contribution in [3.05, 3.63) is 48.1 Å². The molecule has 4 heterocycles. The SMILES string of the molecule is c1cnc(N2CCC[C@H](c3cnc(Nc4nccs4)cn3)C2)nc1. The Hall–Kier alpha value is -2.61. The Bertz CT molecular complexity index is 761. The molecule has 24 heavy (non-hydrogen) atoms. The molecule has 3 aromatic rings. The number of nitrogens with zero attached hydrogens (tertiary/aromatic N) is 6. The fraction of sp³-hybridized carbons (Fsp3) is 0.312. The minimum atomic E-state index is 0.351. The summed E-state index contributed by atoms with van der Waals surface area (Å²) >= 11 is 1.54. The number of nitrogens with one attached hydrogen (secondary N) is 1. The largest absolute Gasteiger partial charge is 0.340 e. The Morgan fingerprint density at radius 1 is 1.04 bits per heavy atom. The third-order valence-electron chi connectivity index (χ3n) is 4.01. The highest BCUT2D eigenvalue weighted by Gasteiger charge is 2.24. The second-order valence-electron chi connectivity index (χ2n) is 5.62. The van der Waals surface area contributed by atoms with Crippen molar-refractivity contribution in [3.63, 3.8) is 0 Å². The molecule has 7 nitrogen and oxygen atoms in total. The number of thiazole rings is 1. The summed E-state index contributed by atoms with van der Waals surface area (Å²) in [5, 5.41) is 5.90. The Morgan fingerprint density at radius 3 is 2.71 bits per heavy atom. The molecule has 1 saturated heterocycles. The fourth-order valence-corrected chi connectivity index (χ4v) is 3.40. The number of anilines is 3. The minimum absolute atomic E-state index is 0.351. The van der Waals surface area contributed by atoms with Crippen LogP contribution < -0.4 is 10.2 Å². The third kappa shape index (κ3) is 3.33. The van der Waals surface area contributed by atoms with Gasteiger partial charge in [-0.2, -0.15) is 0 Å². The average Bonchev–Trinajstić information content (AvgIpc) is 3.16. The van der Waals surface area contributed by atoms with E-state index >= 15 is 0 Å². The Morgan fingerprint density at radius 2 is 1.96 bits per heavy atom. The van der Waals surface area contributed by atoms with Crippen LogP contribution in [-0.2, 0) is 0 Å². The van der Waals surface area contributed by atoms with Gasteiger partial charge in [-0.3, -0.25) is 4.98 Å². The number of piperidine rings is 1. The summed E-state index contributed by atoms with van der Waals surface area (Å²) in [5.41, 5.74) is 1.01. The van der Waals surface area contributed by atoms with Crippen molar-refractivity contribution < 1.29 is 0 Å². The fourth-order valence-electron chi connectivity index (χ4n) is 2.86. The van der Waals surface area contributed by atoms with E-state index in [1.807, 2.05) is 17.6 Å². The second kappa shape index (κ2) is 6.88. The Kier molecular flexibility index (Phi) is 4.28. The number of hydrogen-bond acceptors (Lipinski definition) is 8. The van der Waals surface area contributed by atoms with Gasteiger partial charge in [0, 0.05) is 43.0 Å². The molecular formula is C16H17N7S. The second-order valence-corrected chi connectivity index (χ2v) is 6.52. The molecule has 0 radical (unpaired) electrons. The van der Waals surface area contributed by atoms with Crippen molar-refractivity contribution in [3.8, 4) is 0 Å². The van der Waals surface area contributed by atoms with Crippen LogP contribution in [0.5, 0.6) is 0 Å². The van der Waals surface area contributed by atoms with Crippen LogP contribution in [0.25, 0.3) is 0 Å². The highest BCUT2D eigenvalue weighted by molar-refractivity contribution is 7.13. The third-order valence-corrected chi connectivity index (χ3v) is 4.70. The first-order valence-electron chi connectivity index (χ1n) is 7.89. The molecule has 0 spiro atoms. The van der Waals surface area contributed by atoms with E-state index in [1.165, 1.54) is 11.3 Å². The smallest absolute Gasteiger partial charge is 0.225 e. The van der Waals surface area contributed by atoms with Crippen molar-refractivity contribution in [2.75, 3.05) is 23.3 Å². The van der Waals surface area contributed by atoms with Crippen molar-refractivity contribution in [1.29, 1.82) is 0 Å². The normalized spacial score (nSPS) is 17.7. The predicted octanol–water partition coefficient (Wildman–Crippen LogP) is 2.85. The molecule has 1 aliphatic heterocycles. The summed E-state index contributed by atoms with van der Waals surface area (Å²) < 4.78 is 0. The van der Waals surface area contributed by atoms with Crippen LogP contribution in [0.4, 0.5) is 16.9 Å². The van der Waals surface area contributed by atoms with Gasteiger partial charge in [-0.05, 0) is 18.9 Å². The summed E-state index contributed by atoms with van der Waals surface area (Å²) in [6, 6.07) is 1.84. The molecule has 4 rings (SSSR count). The standard InChI is InChI=1S/C16H17N7S/c1-3-12(11-23(7-1)15-17-4-2-5-18-15)13-9-21-14(10-20-13)22-16-19-6-8-24-16/h2,4-6,8-10,12H,1,3,7,11H2,(H,19,21,22)/t12-/m0/s1. The van der Waals surface area contributed by atoms with Gasteiger partial charge in [-0.15, -0.1) is 11.3 Å². The zero-order chi connectivity index (χ0) is 16.2. The molecule has 0 bridgehead atoms. The van der Waals surface area contributed by atoms with Crippen LogP contribution in [0.15, 0.2) is 42.4 Å². The lowest BCUT2D eigenvalue weighted by Crippen LogP contribution is -2.35. The van der Waals surface area contributed by atoms with Crippen LogP contribution in [-0.4, -0.2) is 38.0 Å². The summed E-state index contributed by atoms with van der Waals surface area (Å²) in [4.78, 5) is 24.2. The first kappa shape index (κ1) is 14.9. The first-order valence-corrected chi connectivity index (χ1v) is 8.77. The molecular weight excluding hydrogens is 322 g/mol. The van der Waals surface area contributed by atoms with Crippen molar-refractivity contribution in [2.24, 2.45) is 0 Å². The van der Waals surface area contributed by atoms with Gasteiger partial charge in [0.25, 0.3) is 0 Å². The van der Waals surface area contributed by atoms with E-state index in [2.05, 4.69) is 35.1 Å². The van der Waals surface area contributed by atoms with Crippen LogP contribution in [0.1, 0.15) is 24.5 Å². The maximum absolute atomic E-state index is 4.60. The molecule has 1 atom stereocenters. The molecule has 0 unspecified atom stereocenters. The zero-order valence-corrected chi connectivity index (χ0v) is 13.9. The van der Waals surface area contributed by atoms with Gasteiger partial charge in [-0.25, -0.2) is 19.9 Å². The molecule has 8 heteroatoms. The van der Waals surface area contributed by atoms with Gasteiger partial charge >= 0.3 is 0 Å². The first-order chi connectivity index (χ1) is 11.9. The van der Waals surface area contributed by atoms with E-state index in [0.717, 1.165) is 42.7 Å². The van der Waals surface area contributed by atoms with Crippen LogP contribution in [0.2, 0.25) is 0 Å². The number of hydrogen-bond donors (Lipinski definition) is 1. The molecule has 1 aliphatic rings. The number of aromatic nitrogens is 5. The Balaban J connectivity index is 1.45. The van der Waals surface area contributed by atoms with Gasteiger partial charge in [0.05, 0.1) is 18.1 Å². The molecule has 122 valence electrons. The lowest BCUT2D eigenvalue weighted by atomic mass is 9.95.